The molecule has 1 aliphatic heterocycles. The van der Waals surface area contributed by atoms with Gasteiger partial charge in [-0.25, -0.2) is 9.97 Å². The Morgan fingerprint density at radius 2 is 1.59 bits per heavy atom. The Hall–Kier alpha value is -4.06. The highest BCUT2D eigenvalue weighted by Gasteiger charge is 2.33. The van der Waals surface area contributed by atoms with Gasteiger partial charge in [0, 0.05) is 35.2 Å². The Morgan fingerprint density at radius 3 is 2.34 bits per heavy atom. The molecule has 1 aliphatic rings. The molecule has 0 unspecified atom stereocenters. The maximum absolute atomic E-state index is 12.8. The highest BCUT2D eigenvalue weighted by atomic mass is 16.5. The monoisotopic (exact) mass is 423 g/mol. The van der Waals surface area contributed by atoms with Crippen molar-refractivity contribution >= 4 is 5.78 Å². The van der Waals surface area contributed by atoms with Crippen LogP contribution in [0, 0.1) is 0 Å². The van der Waals surface area contributed by atoms with Crippen molar-refractivity contribution in [2.45, 2.75) is 25.9 Å². The summed E-state index contributed by atoms with van der Waals surface area (Å²) in [5.41, 5.74) is 3.24. The first-order valence-electron chi connectivity index (χ1n) is 10.3. The van der Waals surface area contributed by atoms with E-state index in [2.05, 4.69) is 4.98 Å². The summed E-state index contributed by atoms with van der Waals surface area (Å²) in [5, 5.41) is 10.8. The van der Waals surface area contributed by atoms with Gasteiger partial charge in [-0.05, 0) is 38.1 Å². The molecule has 3 heterocycles. The number of Topliss-reactive ketones (excluding diaryl/α,β-unsaturated/α-hetero) is 1. The molecule has 0 spiro atoms. The molecule has 0 fully saturated rings. The van der Waals surface area contributed by atoms with Gasteiger partial charge in [0.05, 0.1) is 23.4 Å². The normalized spacial score (nSPS) is 14.5. The molecule has 0 bridgehead atoms. The molecular formula is C26H21N3O3. The lowest BCUT2D eigenvalue weighted by Crippen LogP contribution is -2.35. The standard InChI is InChI=1S/C26H21N3O3/c1-26(2)15-23(31)19-12-18(22(30)14-24(19)32-26)21-13-20(16-6-4-3-5-7-16)28-25(29-21)17-8-10-27-11-9-17/h3-14,30H,15H2,1-2H3. The minimum Gasteiger partial charge on any atom is -0.507 e. The van der Waals surface area contributed by atoms with Crippen LogP contribution in [0.5, 0.6) is 11.5 Å². The van der Waals surface area contributed by atoms with E-state index in [1.54, 1.807) is 18.5 Å². The first-order chi connectivity index (χ1) is 15.4. The van der Waals surface area contributed by atoms with Gasteiger partial charge in [0.1, 0.15) is 17.1 Å². The van der Waals surface area contributed by atoms with Crippen molar-refractivity contribution in [3.8, 4) is 45.4 Å². The van der Waals surface area contributed by atoms with Crippen LogP contribution in [0.3, 0.4) is 0 Å². The van der Waals surface area contributed by atoms with E-state index < -0.39 is 5.60 Å². The number of nitrogens with zero attached hydrogens (tertiary/aromatic N) is 3. The Labute approximate surface area is 185 Å². The first-order valence-corrected chi connectivity index (χ1v) is 10.3. The fraction of sp³-hybridized carbons (Fsp3) is 0.154. The number of phenols is 1. The predicted octanol–water partition coefficient (Wildman–Crippen LogP) is 5.32. The number of carbonyl (C=O) groups is 1. The third-order valence-corrected chi connectivity index (χ3v) is 5.38. The minimum absolute atomic E-state index is 0.00681. The van der Waals surface area contributed by atoms with Crippen LogP contribution in [0.15, 0.2) is 73.1 Å². The maximum Gasteiger partial charge on any atom is 0.170 e. The summed E-state index contributed by atoms with van der Waals surface area (Å²) >= 11 is 0. The van der Waals surface area contributed by atoms with E-state index in [0.29, 0.717) is 34.1 Å². The van der Waals surface area contributed by atoms with E-state index in [-0.39, 0.29) is 18.0 Å². The first kappa shape index (κ1) is 19.9. The van der Waals surface area contributed by atoms with Crippen molar-refractivity contribution in [1.29, 1.82) is 0 Å². The molecular weight excluding hydrogens is 402 g/mol. The largest absolute Gasteiger partial charge is 0.507 e. The van der Waals surface area contributed by atoms with Gasteiger partial charge in [-0.3, -0.25) is 9.78 Å². The summed E-state index contributed by atoms with van der Waals surface area (Å²) in [6, 6.07) is 18.4. The summed E-state index contributed by atoms with van der Waals surface area (Å²) < 4.78 is 5.93. The van der Waals surface area contributed by atoms with E-state index in [0.717, 1.165) is 11.1 Å². The molecule has 0 saturated carbocycles. The zero-order chi connectivity index (χ0) is 22.3. The number of aromatic nitrogens is 3. The smallest absolute Gasteiger partial charge is 0.170 e. The highest BCUT2D eigenvalue weighted by Crippen LogP contribution is 2.41. The Bertz CT molecular complexity index is 1260. The molecule has 5 rings (SSSR count). The maximum atomic E-state index is 12.8. The number of hydrogen-bond acceptors (Lipinski definition) is 6. The number of rotatable bonds is 3. The summed E-state index contributed by atoms with van der Waals surface area (Å²) in [6.07, 6.45) is 3.63. The molecule has 0 atom stereocenters. The van der Waals surface area contributed by atoms with Crippen LogP contribution >= 0.6 is 0 Å². The van der Waals surface area contributed by atoms with Crippen LogP contribution in [-0.4, -0.2) is 31.4 Å². The van der Waals surface area contributed by atoms with E-state index in [1.807, 2.05) is 62.4 Å². The third-order valence-electron chi connectivity index (χ3n) is 5.38. The van der Waals surface area contributed by atoms with Crippen molar-refractivity contribution in [3.63, 3.8) is 0 Å². The van der Waals surface area contributed by atoms with E-state index >= 15 is 0 Å². The average Bonchev–Trinajstić information content (AvgIpc) is 2.79. The molecule has 0 amide bonds. The van der Waals surface area contributed by atoms with Gasteiger partial charge in [0.25, 0.3) is 0 Å². The second kappa shape index (κ2) is 7.57. The average molecular weight is 423 g/mol. The van der Waals surface area contributed by atoms with Gasteiger partial charge >= 0.3 is 0 Å². The zero-order valence-electron chi connectivity index (χ0n) is 17.7. The number of fused-ring (bicyclic) bond motifs is 1. The van der Waals surface area contributed by atoms with Crippen LogP contribution in [0.25, 0.3) is 33.9 Å². The van der Waals surface area contributed by atoms with Gasteiger partial charge in [0.15, 0.2) is 11.6 Å². The van der Waals surface area contributed by atoms with E-state index in [4.69, 9.17) is 14.7 Å². The number of pyridine rings is 1. The number of benzene rings is 2. The number of hydrogen-bond donors (Lipinski definition) is 1. The topological polar surface area (TPSA) is 85.2 Å². The number of ketones is 1. The predicted molar refractivity (Wildman–Crippen MR) is 121 cm³/mol. The number of ether oxygens (including phenoxy) is 1. The zero-order valence-corrected chi connectivity index (χ0v) is 17.7. The fourth-order valence-electron chi connectivity index (χ4n) is 3.86. The number of carbonyl (C=O) groups excluding carboxylic acids is 1. The number of phenolic OH excluding ortho intramolecular Hbond substituents is 1. The molecule has 158 valence electrons. The lowest BCUT2D eigenvalue weighted by Gasteiger charge is -2.31. The quantitative estimate of drug-likeness (QED) is 0.480. The van der Waals surface area contributed by atoms with Crippen molar-refractivity contribution in [2.24, 2.45) is 0 Å². The molecule has 6 heteroatoms. The van der Waals surface area contributed by atoms with Gasteiger partial charge in [0.2, 0.25) is 0 Å². The Kier molecular flexibility index (Phi) is 4.70. The van der Waals surface area contributed by atoms with Crippen molar-refractivity contribution in [1.82, 2.24) is 15.0 Å². The van der Waals surface area contributed by atoms with Crippen LogP contribution in [-0.2, 0) is 0 Å². The molecule has 0 saturated heterocycles. The lowest BCUT2D eigenvalue weighted by atomic mass is 9.91. The van der Waals surface area contributed by atoms with E-state index in [1.165, 1.54) is 6.07 Å². The van der Waals surface area contributed by atoms with Crippen LogP contribution in [0.4, 0.5) is 0 Å². The van der Waals surface area contributed by atoms with Gasteiger partial charge in [-0.15, -0.1) is 0 Å². The molecule has 2 aromatic carbocycles. The summed E-state index contributed by atoms with van der Waals surface area (Å²) in [6.45, 7) is 3.71. The summed E-state index contributed by atoms with van der Waals surface area (Å²) in [7, 11) is 0. The van der Waals surface area contributed by atoms with Crippen molar-refractivity contribution < 1.29 is 14.6 Å². The van der Waals surface area contributed by atoms with Crippen molar-refractivity contribution in [3.05, 3.63) is 78.6 Å². The highest BCUT2D eigenvalue weighted by molar-refractivity contribution is 6.02. The number of aromatic hydroxyl groups is 1. The van der Waals surface area contributed by atoms with Crippen LogP contribution in [0.1, 0.15) is 30.6 Å². The van der Waals surface area contributed by atoms with Gasteiger partial charge < -0.3 is 9.84 Å². The summed E-state index contributed by atoms with van der Waals surface area (Å²) in [5.74, 6) is 0.862. The molecule has 0 aliphatic carbocycles. The molecule has 6 nitrogen and oxygen atoms in total. The SMILES string of the molecule is CC1(C)CC(=O)c2cc(-c3cc(-c4ccccc4)nc(-c4ccncc4)n3)c(O)cc2O1. The summed E-state index contributed by atoms with van der Waals surface area (Å²) in [4.78, 5) is 26.3. The van der Waals surface area contributed by atoms with Gasteiger partial charge in [-0.2, -0.15) is 0 Å². The minimum atomic E-state index is -0.609. The van der Waals surface area contributed by atoms with Gasteiger partial charge in [-0.1, -0.05) is 30.3 Å². The second-order valence-electron chi connectivity index (χ2n) is 8.39. The molecule has 4 aromatic rings. The Morgan fingerprint density at radius 1 is 0.875 bits per heavy atom. The lowest BCUT2D eigenvalue weighted by molar-refractivity contribution is 0.0619. The van der Waals surface area contributed by atoms with E-state index in [9.17, 15) is 9.90 Å². The van der Waals surface area contributed by atoms with Crippen molar-refractivity contribution in [2.75, 3.05) is 0 Å². The van der Waals surface area contributed by atoms with Crippen LogP contribution in [0.2, 0.25) is 0 Å². The third kappa shape index (κ3) is 3.71. The molecule has 0 radical (unpaired) electrons. The van der Waals surface area contributed by atoms with Crippen LogP contribution < -0.4 is 4.74 Å². The molecule has 2 aromatic heterocycles. The fourth-order valence-corrected chi connectivity index (χ4v) is 3.86. The molecule has 32 heavy (non-hydrogen) atoms. The molecule has 1 N–H and O–H groups in total. The second-order valence-corrected chi connectivity index (χ2v) is 8.39. The Balaban J connectivity index is 1.70.